The SMILES string of the molecule is CCCOc1ccc(NC(=O)C[C@H]2C(=O)N(c3ccc(C)cc3)C(=O)N2CCc2ccncc2)cc1. The number of hydrogen-bond donors (Lipinski definition) is 1. The Morgan fingerprint density at radius 3 is 2.36 bits per heavy atom. The molecule has 1 N–H and O–H groups in total. The zero-order valence-electron chi connectivity index (χ0n) is 20.5. The third kappa shape index (κ3) is 5.89. The van der Waals surface area contributed by atoms with Gasteiger partial charge in [0.25, 0.3) is 5.91 Å². The third-order valence-electron chi connectivity index (χ3n) is 5.99. The van der Waals surface area contributed by atoms with Gasteiger partial charge in [-0.05, 0) is 73.9 Å². The molecule has 0 aliphatic carbocycles. The first kappa shape index (κ1) is 24.9. The maximum absolute atomic E-state index is 13.4. The number of carbonyl (C=O) groups is 3. The number of pyridine rings is 1. The minimum Gasteiger partial charge on any atom is -0.494 e. The highest BCUT2D eigenvalue weighted by Gasteiger charge is 2.46. The van der Waals surface area contributed by atoms with E-state index in [1.54, 1.807) is 48.8 Å². The fraction of sp³-hybridized carbons (Fsp3) is 0.286. The molecular weight excluding hydrogens is 456 g/mol. The lowest BCUT2D eigenvalue weighted by Crippen LogP contribution is -2.39. The Morgan fingerprint density at radius 1 is 1.00 bits per heavy atom. The van der Waals surface area contributed by atoms with Crippen molar-refractivity contribution in [3.05, 3.63) is 84.2 Å². The van der Waals surface area contributed by atoms with Crippen LogP contribution in [0.1, 0.15) is 30.9 Å². The Hall–Kier alpha value is -4.20. The van der Waals surface area contributed by atoms with Crippen molar-refractivity contribution in [3.63, 3.8) is 0 Å². The van der Waals surface area contributed by atoms with Gasteiger partial charge in [0, 0.05) is 24.6 Å². The molecule has 8 nitrogen and oxygen atoms in total. The molecule has 0 spiro atoms. The van der Waals surface area contributed by atoms with Crippen LogP contribution in [0.25, 0.3) is 0 Å². The van der Waals surface area contributed by atoms with Gasteiger partial charge in [0.1, 0.15) is 11.8 Å². The lowest BCUT2D eigenvalue weighted by atomic mass is 10.1. The predicted molar refractivity (Wildman–Crippen MR) is 138 cm³/mol. The van der Waals surface area contributed by atoms with E-state index in [-0.39, 0.29) is 12.3 Å². The molecule has 0 bridgehead atoms. The molecule has 0 saturated carbocycles. The summed E-state index contributed by atoms with van der Waals surface area (Å²) in [4.78, 5) is 46.4. The third-order valence-corrected chi connectivity index (χ3v) is 5.99. The molecule has 1 aromatic heterocycles. The summed E-state index contributed by atoms with van der Waals surface area (Å²) in [6, 6.07) is 16.7. The molecule has 1 aliphatic heterocycles. The molecule has 1 fully saturated rings. The summed E-state index contributed by atoms with van der Waals surface area (Å²) >= 11 is 0. The number of nitrogens with one attached hydrogen (secondary N) is 1. The Balaban J connectivity index is 1.49. The number of imide groups is 1. The molecule has 1 saturated heterocycles. The second-order valence-corrected chi connectivity index (χ2v) is 8.73. The maximum atomic E-state index is 13.4. The second-order valence-electron chi connectivity index (χ2n) is 8.73. The first-order valence-corrected chi connectivity index (χ1v) is 12.1. The number of anilines is 2. The van der Waals surface area contributed by atoms with E-state index < -0.39 is 18.0 Å². The second kappa shape index (κ2) is 11.5. The monoisotopic (exact) mass is 486 g/mol. The fourth-order valence-electron chi connectivity index (χ4n) is 4.06. The molecule has 1 aliphatic rings. The van der Waals surface area contributed by atoms with Crippen molar-refractivity contribution in [2.24, 2.45) is 0 Å². The van der Waals surface area contributed by atoms with E-state index in [4.69, 9.17) is 4.74 Å². The molecule has 1 atom stereocenters. The van der Waals surface area contributed by atoms with Gasteiger partial charge < -0.3 is 15.0 Å². The molecule has 0 unspecified atom stereocenters. The molecule has 8 heteroatoms. The largest absolute Gasteiger partial charge is 0.494 e. The molecule has 4 rings (SSSR count). The molecule has 2 heterocycles. The minimum atomic E-state index is -0.896. The van der Waals surface area contributed by atoms with Crippen LogP contribution in [0.4, 0.5) is 16.2 Å². The first-order valence-electron chi connectivity index (χ1n) is 12.1. The van der Waals surface area contributed by atoms with Gasteiger partial charge in [-0.2, -0.15) is 0 Å². The zero-order valence-corrected chi connectivity index (χ0v) is 20.5. The molecule has 4 amide bonds. The Labute approximate surface area is 210 Å². The van der Waals surface area contributed by atoms with Crippen LogP contribution in [0, 0.1) is 6.92 Å². The van der Waals surface area contributed by atoms with Crippen LogP contribution in [0.3, 0.4) is 0 Å². The highest BCUT2D eigenvalue weighted by atomic mass is 16.5. The summed E-state index contributed by atoms with van der Waals surface area (Å²) in [6.45, 7) is 4.90. The van der Waals surface area contributed by atoms with Gasteiger partial charge in [0.05, 0.1) is 18.7 Å². The molecular formula is C28H30N4O4. The predicted octanol–water partition coefficient (Wildman–Crippen LogP) is 4.59. The van der Waals surface area contributed by atoms with Crippen LogP contribution in [0.5, 0.6) is 5.75 Å². The maximum Gasteiger partial charge on any atom is 0.332 e. The zero-order chi connectivity index (χ0) is 25.5. The number of carbonyl (C=O) groups excluding carboxylic acids is 3. The van der Waals surface area contributed by atoms with Gasteiger partial charge in [0.15, 0.2) is 0 Å². The number of aromatic nitrogens is 1. The summed E-state index contributed by atoms with van der Waals surface area (Å²) < 4.78 is 5.58. The highest BCUT2D eigenvalue weighted by molar-refractivity contribution is 6.22. The molecule has 3 aromatic rings. The molecule has 2 aromatic carbocycles. The summed E-state index contributed by atoms with van der Waals surface area (Å²) in [5.74, 6) is -0.0254. The van der Waals surface area contributed by atoms with Crippen molar-refractivity contribution >= 4 is 29.2 Å². The van der Waals surface area contributed by atoms with E-state index in [0.717, 1.165) is 23.3 Å². The van der Waals surface area contributed by atoms with Crippen molar-refractivity contribution in [2.75, 3.05) is 23.4 Å². The number of aryl methyl sites for hydroxylation is 1. The van der Waals surface area contributed by atoms with E-state index in [1.807, 2.05) is 38.1 Å². The number of urea groups is 1. The quantitative estimate of drug-likeness (QED) is 0.423. The summed E-state index contributed by atoms with van der Waals surface area (Å²) in [6.07, 6.45) is 4.69. The normalized spacial score (nSPS) is 15.3. The number of rotatable bonds is 10. The van der Waals surface area contributed by atoms with Crippen molar-refractivity contribution in [1.29, 1.82) is 0 Å². The van der Waals surface area contributed by atoms with E-state index in [9.17, 15) is 14.4 Å². The molecule has 36 heavy (non-hydrogen) atoms. The van der Waals surface area contributed by atoms with Crippen LogP contribution in [-0.2, 0) is 16.0 Å². The lowest BCUT2D eigenvalue weighted by Gasteiger charge is -2.21. The summed E-state index contributed by atoms with van der Waals surface area (Å²) in [5, 5.41) is 2.83. The van der Waals surface area contributed by atoms with Crippen LogP contribution < -0.4 is 15.0 Å². The number of benzene rings is 2. The van der Waals surface area contributed by atoms with Crippen molar-refractivity contribution < 1.29 is 19.1 Å². The number of nitrogens with zero attached hydrogens (tertiary/aromatic N) is 3. The Kier molecular flexibility index (Phi) is 7.95. The fourth-order valence-corrected chi connectivity index (χ4v) is 4.06. The smallest absolute Gasteiger partial charge is 0.332 e. The van der Waals surface area contributed by atoms with Gasteiger partial charge in [0.2, 0.25) is 5.91 Å². The van der Waals surface area contributed by atoms with E-state index in [1.165, 1.54) is 9.80 Å². The van der Waals surface area contributed by atoms with Gasteiger partial charge in [-0.1, -0.05) is 24.6 Å². The van der Waals surface area contributed by atoms with Crippen LogP contribution in [0.15, 0.2) is 73.1 Å². The minimum absolute atomic E-state index is 0.142. The van der Waals surface area contributed by atoms with Crippen molar-refractivity contribution in [1.82, 2.24) is 9.88 Å². The standard InChI is InChI=1S/C28H30N4O4/c1-3-18-36-24-10-6-22(7-11-24)30-26(33)19-25-27(34)32(23-8-4-20(2)5-9-23)28(35)31(25)17-14-21-12-15-29-16-13-21/h4-13,15-16,25H,3,14,17-19H2,1-2H3,(H,30,33)/t25-/m0/s1. The van der Waals surface area contributed by atoms with Gasteiger partial charge in [-0.3, -0.25) is 14.6 Å². The lowest BCUT2D eigenvalue weighted by molar-refractivity contribution is -0.124. The summed E-state index contributed by atoms with van der Waals surface area (Å²) in [7, 11) is 0. The van der Waals surface area contributed by atoms with Crippen LogP contribution in [0.2, 0.25) is 0 Å². The number of ether oxygens (including phenoxy) is 1. The van der Waals surface area contributed by atoms with Crippen LogP contribution >= 0.6 is 0 Å². The average molecular weight is 487 g/mol. The van der Waals surface area contributed by atoms with Gasteiger partial charge >= 0.3 is 6.03 Å². The highest BCUT2D eigenvalue weighted by Crippen LogP contribution is 2.28. The van der Waals surface area contributed by atoms with E-state index in [2.05, 4.69) is 10.3 Å². The number of hydrogen-bond acceptors (Lipinski definition) is 5. The summed E-state index contributed by atoms with van der Waals surface area (Å²) in [5.41, 5.74) is 3.11. The van der Waals surface area contributed by atoms with Gasteiger partial charge in [-0.25, -0.2) is 9.69 Å². The van der Waals surface area contributed by atoms with Crippen LogP contribution in [-0.4, -0.2) is 46.9 Å². The Bertz CT molecular complexity index is 1200. The van der Waals surface area contributed by atoms with Crippen molar-refractivity contribution in [2.45, 2.75) is 39.2 Å². The Morgan fingerprint density at radius 2 is 1.69 bits per heavy atom. The van der Waals surface area contributed by atoms with Crippen molar-refractivity contribution in [3.8, 4) is 5.75 Å². The first-order chi connectivity index (χ1) is 17.5. The topological polar surface area (TPSA) is 91.8 Å². The van der Waals surface area contributed by atoms with E-state index in [0.29, 0.717) is 30.9 Å². The molecule has 0 radical (unpaired) electrons. The molecule has 186 valence electrons. The average Bonchev–Trinajstić information content (AvgIpc) is 3.12. The van der Waals surface area contributed by atoms with Gasteiger partial charge in [-0.15, -0.1) is 0 Å². The van der Waals surface area contributed by atoms with E-state index >= 15 is 0 Å². The number of amides is 4.